The Bertz CT molecular complexity index is 379. The number of carbonyl (C=O) groups is 1. The second kappa shape index (κ2) is 6.13. The molecule has 3 N–H and O–H groups in total. The molecule has 1 aromatic rings. The fourth-order valence-corrected chi connectivity index (χ4v) is 1.69. The van der Waals surface area contributed by atoms with Gasteiger partial charge in [0.05, 0.1) is 0 Å². The molecule has 0 aliphatic carbocycles. The predicted molar refractivity (Wildman–Crippen MR) is 72.0 cm³/mol. The topological polar surface area (TPSA) is 58.4 Å². The lowest BCUT2D eigenvalue weighted by Crippen LogP contribution is -2.40. The van der Waals surface area contributed by atoms with E-state index in [1.165, 1.54) is 0 Å². The Morgan fingerprint density at radius 1 is 1.47 bits per heavy atom. The molecular weight excluding hydrogens is 214 g/mol. The monoisotopic (exact) mass is 235 g/mol. The van der Waals surface area contributed by atoms with Gasteiger partial charge >= 0.3 is 6.03 Å². The molecule has 0 heterocycles. The third-order valence-corrected chi connectivity index (χ3v) is 2.86. The highest BCUT2D eigenvalue weighted by Crippen LogP contribution is 2.13. The van der Waals surface area contributed by atoms with E-state index >= 15 is 0 Å². The lowest BCUT2D eigenvalue weighted by Gasteiger charge is -2.27. The van der Waals surface area contributed by atoms with Crippen molar-refractivity contribution in [3.63, 3.8) is 0 Å². The number of nitrogens with one attached hydrogen (secondary N) is 1. The van der Waals surface area contributed by atoms with Gasteiger partial charge in [-0.1, -0.05) is 13.0 Å². The number of hydrogen-bond donors (Lipinski definition) is 2. The first-order valence-corrected chi connectivity index (χ1v) is 6.01. The number of rotatable bonds is 4. The van der Waals surface area contributed by atoms with Gasteiger partial charge in [-0.25, -0.2) is 4.79 Å². The maximum atomic E-state index is 12.0. The van der Waals surface area contributed by atoms with Gasteiger partial charge in [-0.15, -0.1) is 0 Å². The van der Waals surface area contributed by atoms with Crippen LogP contribution < -0.4 is 11.1 Å². The van der Waals surface area contributed by atoms with Gasteiger partial charge in [0.1, 0.15) is 0 Å². The Labute approximate surface area is 103 Å². The first-order chi connectivity index (χ1) is 8.08. The molecule has 94 valence electrons. The van der Waals surface area contributed by atoms with E-state index in [4.69, 9.17) is 5.73 Å². The van der Waals surface area contributed by atoms with Gasteiger partial charge in [-0.2, -0.15) is 0 Å². The van der Waals surface area contributed by atoms with Crippen molar-refractivity contribution in [3.05, 3.63) is 24.3 Å². The van der Waals surface area contributed by atoms with E-state index in [9.17, 15) is 4.79 Å². The van der Waals surface area contributed by atoms with Crippen LogP contribution in [0.4, 0.5) is 16.2 Å². The highest BCUT2D eigenvalue weighted by molar-refractivity contribution is 5.90. The quantitative estimate of drug-likeness (QED) is 0.788. The average molecular weight is 235 g/mol. The molecule has 1 rings (SSSR count). The Morgan fingerprint density at radius 2 is 2.18 bits per heavy atom. The van der Waals surface area contributed by atoms with Crippen LogP contribution >= 0.6 is 0 Å². The van der Waals surface area contributed by atoms with E-state index in [1.807, 2.05) is 30.9 Å². The molecule has 0 aliphatic rings. The number of benzene rings is 1. The van der Waals surface area contributed by atoms with Gasteiger partial charge < -0.3 is 16.0 Å². The van der Waals surface area contributed by atoms with Crippen LogP contribution in [-0.4, -0.2) is 23.5 Å². The molecule has 0 saturated heterocycles. The van der Waals surface area contributed by atoms with E-state index in [-0.39, 0.29) is 12.1 Å². The fraction of sp³-hybridized carbons (Fsp3) is 0.462. The van der Waals surface area contributed by atoms with Crippen molar-refractivity contribution in [2.45, 2.75) is 33.2 Å². The number of anilines is 2. The second-order valence-corrected chi connectivity index (χ2v) is 4.10. The summed E-state index contributed by atoms with van der Waals surface area (Å²) in [6.07, 6.45) is 0.943. The van der Waals surface area contributed by atoms with E-state index < -0.39 is 0 Å². The van der Waals surface area contributed by atoms with E-state index in [0.29, 0.717) is 12.2 Å². The van der Waals surface area contributed by atoms with Crippen LogP contribution in [0, 0.1) is 0 Å². The van der Waals surface area contributed by atoms with E-state index in [0.717, 1.165) is 12.1 Å². The summed E-state index contributed by atoms with van der Waals surface area (Å²) in [5.41, 5.74) is 7.04. The summed E-state index contributed by atoms with van der Waals surface area (Å²) >= 11 is 0. The third-order valence-electron chi connectivity index (χ3n) is 2.86. The Balaban J connectivity index is 2.70. The maximum absolute atomic E-state index is 12.0. The Hall–Kier alpha value is -1.71. The summed E-state index contributed by atoms with van der Waals surface area (Å²) in [6.45, 7) is 6.79. The smallest absolute Gasteiger partial charge is 0.322 e. The normalized spacial score (nSPS) is 11.9. The summed E-state index contributed by atoms with van der Waals surface area (Å²) in [4.78, 5) is 13.8. The Morgan fingerprint density at radius 3 is 2.71 bits per heavy atom. The van der Waals surface area contributed by atoms with Crippen LogP contribution in [0.25, 0.3) is 0 Å². The molecule has 0 aromatic heterocycles. The number of hydrogen-bond acceptors (Lipinski definition) is 2. The van der Waals surface area contributed by atoms with Crippen LogP contribution in [0.3, 0.4) is 0 Å². The molecule has 0 spiro atoms. The minimum Gasteiger partial charge on any atom is -0.399 e. The molecule has 0 saturated carbocycles. The summed E-state index contributed by atoms with van der Waals surface area (Å²) in [5.74, 6) is 0. The Kier molecular flexibility index (Phi) is 4.82. The van der Waals surface area contributed by atoms with Crippen molar-refractivity contribution in [1.29, 1.82) is 0 Å². The second-order valence-electron chi connectivity index (χ2n) is 4.10. The van der Waals surface area contributed by atoms with Crippen molar-refractivity contribution in [2.24, 2.45) is 0 Å². The molecule has 0 aliphatic heterocycles. The van der Waals surface area contributed by atoms with Crippen LogP contribution in [0.1, 0.15) is 27.2 Å². The molecule has 4 nitrogen and oxygen atoms in total. The fourth-order valence-electron chi connectivity index (χ4n) is 1.69. The summed E-state index contributed by atoms with van der Waals surface area (Å²) < 4.78 is 0. The van der Waals surface area contributed by atoms with Gasteiger partial charge in [0.2, 0.25) is 0 Å². The predicted octanol–water partition coefficient (Wildman–Crippen LogP) is 2.92. The molecule has 4 heteroatoms. The zero-order chi connectivity index (χ0) is 12.8. The highest BCUT2D eigenvalue weighted by Gasteiger charge is 2.16. The summed E-state index contributed by atoms with van der Waals surface area (Å²) in [5, 5.41) is 2.86. The third kappa shape index (κ3) is 3.66. The van der Waals surface area contributed by atoms with E-state index in [2.05, 4.69) is 12.2 Å². The minimum atomic E-state index is -0.0764. The van der Waals surface area contributed by atoms with Crippen molar-refractivity contribution < 1.29 is 4.79 Å². The zero-order valence-corrected chi connectivity index (χ0v) is 10.7. The number of nitrogens with zero attached hydrogens (tertiary/aromatic N) is 1. The molecule has 2 amide bonds. The zero-order valence-electron chi connectivity index (χ0n) is 10.7. The summed E-state index contributed by atoms with van der Waals surface area (Å²) in [6, 6.07) is 7.36. The standard InChI is InChI=1S/C13H21N3O/c1-4-10(3)16(5-2)13(17)15-12-8-6-7-11(14)9-12/h6-10H,4-5,14H2,1-3H3,(H,15,17). The minimum absolute atomic E-state index is 0.0764. The van der Waals surface area contributed by atoms with Crippen molar-refractivity contribution in [2.75, 3.05) is 17.6 Å². The van der Waals surface area contributed by atoms with Crippen molar-refractivity contribution >= 4 is 17.4 Å². The van der Waals surface area contributed by atoms with Gasteiger partial charge in [0.25, 0.3) is 0 Å². The van der Waals surface area contributed by atoms with Gasteiger partial charge in [-0.05, 0) is 38.5 Å². The molecule has 17 heavy (non-hydrogen) atoms. The molecule has 1 unspecified atom stereocenters. The first-order valence-electron chi connectivity index (χ1n) is 6.01. The van der Waals surface area contributed by atoms with Gasteiger partial charge in [-0.3, -0.25) is 0 Å². The maximum Gasteiger partial charge on any atom is 0.322 e. The van der Waals surface area contributed by atoms with Crippen LogP contribution in [0.15, 0.2) is 24.3 Å². The molecule has 0 bridgehead atoms. The van der Waals surface area contributed by atoms with Crippen LogP contribution in [0.5, 0.6) is 0 Å². The largest absolute Gasteiger partial charge is 0.399 e. The number of urea groups is 1. The van der Waals surface area contributed by atoms with Crippen molar-refractivity contribution in [1.82, 2.24) is 4.90 Å². The molecule has 1 atom stereocenters. The van der Waals surface area contributed by atoms with Gasteiger partial charge in [0.15, 0.2) is 0 Å². The highest BCUT2D eigenvalue weighted by atomic mass is 16.2. The number of nitrogen functional groups attached to an aromatic ring is 1. The number of amides is 2. The lowest BCUT2D eigenvalue weighted by molar-refractivity contribution is 0.195. The average Bonchev–Trinajstić information content (AvgIpc) is 2.29. The van der Waals surface area contributed by atoms with E-state index in [1.54, 1.807) is 12.1 Å². The van der Waals surface area contributed by atoms with Crippen molar-refractivity contribution in [3.8, 4) is 0 Å². The number of carbonyl (C=O) groups excluding carboxylic acids is 1. The first kappa shape index (κ1) is 13.4. The lowest BCUT2D eigenvalue weighted by atomic mass is 10.2. The van der Waals surface area contributed by atoms with Crippen LogP contribution in [0.2, 0.25) is 0 Å². The molecule has 1 aromatic carbocycles. The molecular formula is C13H21N3O. The molecule has 0 fully saturated rings. The number of nitrogens with two attached hydrogens (primary N) is 1. The van der Waals surface area contributed by atoms with Gasteiger partial charge in [0, 0.05) is 24.0 Å². The summed E-state index contributed by atoms with van der Waals surface area (Å²) in [7, 11) is 0. The SMILES string of the molecule is CCC(C)N(CC)C(=O)Nc1cccc(N)c1. The molecule has 0 radical (unpaired) electrons. The van der Waals surface area contributed by atoms with Crippen LogP contribution in [-0.2, 0) is 0 Å².